The van der Waals surface area contributed by atoms with E-state index in [0.29, 0.717) is 12.2 Å². The largest absolute Gasteiger partial charge is 0.768 e. The maximum absolute atomic E-state index is 10.7. The van der Waals surface area contributed by atoms with Crippen molar-refractivity contribution in [3.05, 3.63) is 24.3 Å². The first-order valence-corrected chi connectivity index (χ1v) is 5.71. The van der Waals surface area contributed by atoms with Gasteiger partial charge in [0.2, 0.25) is 0 Å². The van der Waals surface area contributed by atoms with Crippen LogP contribution in [-0.4, -0.2) is 25.9 Å². The third-order valence-corrected chi connectivity index (χ3v) is 2.60. The molecule has 6 heteroatoms. The van der Waals surface area contributed by atoms with E-state index in [1.807, 2.05) is 0 Å². The summed E-state index contributed by atoms with van der Waals surface area (Å²) in [5.74, 6) is -0.706. The average Bonchev–Trinajstić information content (AvgIpc) is 2.26. The van der Waals surface area contributed by atoms with Crippen molar-refractivity contribution < 1.29 is 23.4 Å². The highest BCUT2D eigenvalue weighted by Crippen LogP contribution is 2.16. The van der Waals surface area contributed by atoms with E-state index in [0.717, 1.165) is 0 Å². The molecule has 1 aromatic carbocycles. The summed E-state index contributed by atoms with van der Waals surface area (Å²) in [4.78, 5) is 10.8. The topological polar surface area (TPSA) is 86.7 Å². The lowest BCUT2D eigenvalue weighted by molar-refractivity contribution is -0.145. The quantitative estimate of drug-likeness (QED) is 0.784. The fraction of sp³-hybridized carbons (Fsp3) is 0.300. The minimum atomic E-state index is -2.28. The van der Waals surface area contributed by atoms with Crippen LogP contribution in [-0.2, 0) is 15.9 Å². The molecule has 2 unspecified atom stereocenters. The van der Waals surface area contributed by atoms with E-state index in [9.17, 15) is 13.6 Å². The van der Waals surface area contributed by atoms with Gasteiger partial charge in [-0.25, -0.2) is 4.79 Å². The van der Waals surface area contributed by atoms with Crippen LogP contribution in [0.15, 0.2) is 29.2 Å². The molecule has 0 saturated heterocycles. The first kappa shape index (κ1) is 12.7. The van der Waals surface area contributed by atoms with E-state index >= 15 is 0 Å². The molecule has 0 saturated carbocycles. The molecule has 0 spiro atoms. The van der Waals surface area contributed by atoms with Gasteiger partial charge in [-0.2, -0.15) is 0 Å². The monoisotopic (exact) mass is 243 g/mol. The van der Waals surface area contributed by atoms with Crippen molar-refractivity contribution >= 4 is 17.0 Å². The number of hydrogen-bond acceptors (Lipinski definition) is 4. The van der Waals surface area contributed by atoms with Crippen LogP contribution in [0.3, 0.4) is 0 Å². The number of aliphatic carboxylic acids is 1. The van der Waals surface area contributed by atoms with Crippen molar-refractivity contribution in [2.75, 3.05) is 0 Å². The Hall–Kier alpha value is -1.40. The van der Waals surface area contributed by atoms with Crippen molar-refractivity contribution in [3.8, 4) is 5.75 Å². The Kier molecular flexibility index (Phi) is 4.45. The standard InChI is InChI=1S/C10H12O5S/c1-2-9(10(11)12)15-7-3-5-8(6-4-7)16(13)14/h3-6,9H,2H2,1H3,(H,11,12)(H,13,14)/p-1. The number of carbonyl (C=O) groups is 1. The van der Waals surface area contributed by atoms with Crippen LogP contribution in [0.5, 0.6) is 5.75 Å². The molecule has 5 nitrogen and oxygen atoms in total. The van der Waals surface area contributed by atoms with Crippen LogP contribution in [0.4, 0.5) is 0 Å². The van der Waals surface area contributed by atoms with Crippen LogP contribution < -0.4 is 4.74 Å². The first-order valence-electron chi connectivity index (χ1n) is 4.63. The van der Waals surface area contributed by atoms with E-state index in [1.165, 1.54) is 24.3 Å². The van der Waals surface area contributed by atoms with Gasteiger partial charge >= 0.3 is 5.97 Å². The molecule has 0 aliphatic carbocycles. The van der Waals surface area contributed by atoms with Gasteiger partial charge in [-0.3, -0.25) is 4.21 Å². The predicted octanol–water partition coefficient (Wildman–Crippen LogP) is 1.17. The molecule has 0 amide bonds. The van der Waals surface area contributed by atoms with Gasteiger partial charge in [-0.05, 0) is 41.8 Å². The van der Waals surface area contributed by atoms with Crippen molar-refractivity contribution in [1.29, 1.82) is 0 Å². The van der Waals surface area contributed by atoms with Gasteiger partial charge < -0.3 is 14.4 Å². The van der Waals surface area contributed by atoms with Gasteiger partial charge in [0.05, 0.1) is 0 Å². The maximum atomic E-state index is 10.7. The summed E-state index contributed by atoms with van der Waals surface area (Å²) < 4.78 is 26.3. The van der Waals surface area contributed by atoms with Gasteiger partial charge in [0.15, 0.2) is 6.10 Å². The molecule has 0 radical (unpaired) electrons. The Morgan fingerprint density at radius 2 is 2.06 bits per heavy atom. The van der Waals surface area contributed by atoms with Crippen molar-refractivity contribution in [2.24, 2.45) is 0 Å². The molecule has 0 aliphatic heterocycles. The van der Waals surface area contributed by atoms with Gasteiger partial charge in [0.25, 0.3) is 0 Å². The first-order chi connectivity index (χ1) is 7.54. The molecule has 0 bridgehead atoms. The lowest BCUT2D eigenvalue weighted by Crippen LogP contribution is -2.25. The Morgan fingerprint density at radius 3 is 2.44 bits per heavy atom. The van der Waals surface area contributed by atoms with E-state index in [4.69, 9.17) is 9.84 Å². The Morgan fingerprint density at radius 1 is 1.50 bits per heavy atom. The number of rotatable bonds is 5. The second-order valence-electron chi connectivity index (χ2n) is 3.06. The van der Waals surface area contributed by atoms with Gasteiger partial charge in [0.1, 0.15) is 5.75 Å². The van der Waals surface area contributed by atoms with Gasteiger partial charge in [-0.1, -0.05) is 6.92 Å². The summed E-state index contributed by atoms with van der Waals surface area (Å²) >= 11 is -2.28. The maximum Gasteiger partial charge on any atom is 0.344 e. The second kappa shape index (κ2) is 5.62. The normalized spacial score (nSPS) is 14.1. The smallest absolute Gasteiger partial charge is 0.344 e. The predicted molar refractivity (Wildman–Crippen MR) is 56.0 cm³/mol. The third-order valence-electron chi connectivity index (χ3n) is 1.94. The average molecular weight is 243 g/mol. The number of carboxylic acids is 1. The molecule has 1 rings (SSSR count). The van der Waals surface area contributed by atoms with E-state index < -0.39 is 23.2 Å². The van der Waals surface area contributed by atoms with Crippen molar-refractivity contribution in [3.63, 3.8) is 0 Å². The van der Waals surface area contributed by atoms with Gasteiger partial charge in [0, 0.05) is 4.90 Å². The van der Waals surface area contributed by atoms with Crippen LogP contribution in [0.2, 0.25) is 0 Å². The molecule has 2 atom stereocenters. The zero-order valence-electron chi connectivity index (χ0n) is 8.58. The second-order valence-corrected chi connectivity index (χ2v) is 4.00. The molecule has 1 N–H and O–H groups in total. The summed E-state index contributed by atoms with van der Waals surface area (Å²) in [6.07, 6.45) is -0.575. The van der Waals surface area contributed by atoms with E-state index in [2.05, 4.69) is 0 Å². The van der Waals surface area contributed by atoms with E-state index in [-0.39, 0.29) is 4.90 Å². The number of benzene rings is 1. The molecular formula is C10H11O5S-. The van der Waals surface area contributed by atoms with Crippen molar-refractivity contribution in [1.82, 2.24) is 0 Å². The molecule has 0 aliphatic rings. The highest BCUT2D eigenvalue weighted by Gasteiger charge is 2.16. The van der Waals surface area contributed by atoms with Crippen LogP contribution >= 0.6 is 0 Å². The number of hydrogen-bond donors (Lipinski definition) is 1. The summed E-state index contributed by atoms with van der Waals surface area (Å²) in [6, 6.07) is 5.56. The summed E-state index contributed by atoms with van der Waals surface area (Å²) in [5, 5.41) is 8.75. The van der Waals surface area contributed by atoms with Crippen LogP contribution in [0, 0.1) is 0 Å². The summed E-state index contributed by atoms with van der Waals surface area (Å²) in [6.45, 7) is 1.69. The summed E-state index contributed by atoms with van der Waals surface area (Å²) in [7, 11) is 0. The summed E-state index contributed by atoms with van der Waals surface area (Å²) in [5.41, 5.74) is 0. The molecule has 16 heavy (non-hydrogen) atoms. The number of carboxylic acid groups (broad SMARTS) is 1. The fourth-order valence-electron chi connectivity index (χ4n) is 1.10. The molecule has 1 aromatic rings. The third kappa shape index (κ3) is 3.32. The Labute approximate surface area is 95.3 Å². The minimum absolute atomic E-state index is 0.135. The lowest BCUT2D eigenvalue weighted by Gasteiger charge is -2.13. The lowest BCUT2D eigenvalue weighted by atomic mass is 10.3. The van der Waals surface area contributed by atoms with Crippen LogP contribution in [0.25, 0.3) is 0 Å². The molecule has 0 aromatic heterocycles. The van der Waals surface area contributed by atoms with Gasteiger partial charge in [-0.15, -0.1) is 0 Å². The van der Waals surface area contributed by atoms with Crippen molar-refractivity contribution in [2.45, 2.75) is 24.3 Å². The molecule has 88 valence electrons. The Bertz CT molecular complexity index is 387. The molecule has 0 heterocycles. The van der Waals surface area contributed by atoms with Crippen LogP contribution in [0.1, 0.15) is 13.3 Å². The molecule has 0 fully saturated rings. The minimum Gasteiger partial charge on any atom is -0.768 e. The SMILES string of the molecule is CCC(Oc1ccc(S(=O)[O-])cc1)C(=O)O. The highest BCUT2D eigenvalue weighted by molar-refractivity contribution is 7.79. The number of ether oxygens (including phenoxy) is 1. The zero-order valence-corrected chi connectivity index (χ0v) is 9.40. The Balaban J connectivity index is 2.75. The zero-order chi connectivity index (χ0) is 12.1. The fourth-order valence-corrected chi connectivity index (χ4v) is 1.46. The van der Waals surface area contributed by atoms with E-state index in [1.54, 1.807) is 6.92 Å². The highest BCUT2D eigenvalue weighted by atomic mass is 32.2. The molecular weight excluding hydrogens is 232 g/mol.